The molecule has 0 radical (unpaired) electrons. The van der Waals surface area contributed by atoms with Crippen molar-refractivity contribution in [1.82, 2.24) is 20.4 Å². The average Bonchev–Trinajstić information content (AvgIpc) is 3.44. The van der Waals surface area contributed by atoms with E-state index in [1.54, 1.807) is 7.11 Å². The Kier molecular flexibility index (Phi) is 8.58. The molecular weight excluding hydrogens is 350 g/mol. The molecule has 0 spiro atoms. The standard InChI is InChI=1S/C22H37N5O/c1-23-22(24-11-14-27(15-16-28-2)21-9-10-21)25-17-19-5-7-20(8-6-19)18-26-12-3-4-13-26/h5-8,21H,3-4,9-18H2,1-2H3,(H2,23,24,25). The molecule has 0 aromatic heterocycles. The van der Waals surface area contributed by atoms with E-state index in [4.69, 9.17) is 4.74 Å². The summed E-state index contributed by atoms with van der Waals surface area (Å²) >= 11 is 0. The van der Waals surface area contributed by atoms with Gasteiger partial charge in [-0.15, -0.1) is 0 Å². The minimum absolute atomic E-state index is 0.756. The normalized spacial score (nSPS) is 18.0. The molecule has 1 aromatic carbocycles. The lowest BCUT2D eigenvalue weighted by atomic mass is 10.1. The summed E-state index contributed by atoms with van der Waals surface area (Å²) in [4.78, 5) is 9.41. The number of rotatable bonds is 11. The summed E-state index contributed by atoms with van der Waals surface area (Å²) in [6.45, 7) is 8.10. The molecule has 1 aliphatic carbocycles. The van der Waals surface area contributed by atoms with Crippen LogP contribution in [0.2, 0.25) is 0 Å². The molecule has 1 heterocycles. The van der Waals surface area contributed by atoms with E-state index >= 15 is 0 Å². The van der Waals surface area contributed by atoms with E-state index in [-0.39, 0.29) is 0 Å². The minimum atomic E-state index is 0.756. The van der Waals surface area contributed by atoms with Gasteiger partial charge in [0.25, 0.3) is 0 Å². The van der Waals surface area contributed by atoms with Crippen LogP contribution < -0.4 is 10.6 Å². The van der Waals surface area contributed by atoms with Crippen molar-refractivity contribution in [2.75, 3.05) is 53.5 Å². The van der Waals surface area contributed by atoms with Crippen LogP contribution in [0.5, 0.6) is 0 Å². The third-order valence-corrected chi connectivity index (χ3v) is 5.65. The molecule has 0 amide bonds. The Bertz CT molecular complexity index is 593. The number of hydrogen-bond donors (Lipinski definition) is 2. The highest BCUT2D eigenvalue weighted by molar-refractivity contribution is 5.79. The van der Waals surface area contributed by atoms with Crippen molar-refractivity contribution in [1.29, 1.82) is 0 Å². The maximum atomic E-state index is 5.23. The Hall–Kier alpha value is -1.63. The lowest BCUT2D eigenvalue weighted by molar-refractivity contribution is 0.144. The maximum absolute atomic E-state index is 5.23. The van der Waals surface area contributed by atoms with Crippen LogP contribution in [0.4, 0.5) is 0 Å². The summed E-state index contributed by atoms with van der Waals surface area (Å²) in [7, 11) is 3.60. The van der Waals surface area contributed by atoms with E-state index in [9.17, 15) is 0 Å². The molecule has 0 unspecified atom stereocenters. The van der Waals surface area contributed by atoms with Crippen molar-refractivity contribution < 1.29 is 4.74 Å². The Balaban J connectivity index is 1.36. The van der Waals surface area contributed by atoms with Crippen molar-refractivity contribution in [2.24, 2.45) is 4.99 Å². The number of nitrogens with zero attached hydrogens (tertiary/aromatic N) is 3. The zero-order chi connectivity index (χ0) is 19.6. The Morgan fingerprint density at radius 1 is 1.11 bits per heavy atom. The van der Waals surface area contributed by atoms with Gasteiger partial charge in [0.15, 0.2) is 5.96 Å². The summed E-state index contributed by atoms with van der Waals surface area (Å²) in [5, 5.41) is 6.86. The molecule has 1 aliphatic heterocycles. The van der Waals surface area contributed by atoms with Gasteiger partial charge in [-0.25, -0.2) is 0 Å². The highest BCUT2D eigenvalue weighted by atomic mass is 16.5. The minimum Gasteiger partial charge on any atom is -0.383 e. The van der Waals surface area contributed by atoms with Crippen LogP contribution in [0, 0.1) is 0 Å². The predicted molar refractivity (Wildman–Crippen MR) is 116 cm³/mol. The molecular formula is C22H37N5O. The number of ether oxygens (including phenoxy) is 1. The van der Waals surface area contributed by atoms with Crippen molar-refractivity contribution in [3.05, 3.63) is 35.4 Å². The van der Waals surface area contributed by atoms with E-state index in [1.165, 1.54) is 49.9 Å². The van der Waals surface area contributed by atoms with Crippen LogP contribution in [-0.4, -0.2) is 75.3 Å². The first kappa shape index (κ1) is 21.1. The van der Waals surface area contributed by atoms with Crippen LogP contribution >= 0.6 is 0 Å². The fourth-order valence-electron chi connectivity index (χ4n) is 3.81. The molecule has 1 saturated heterocycles. The van der Waals surface area contributed by atoms with Gasteiger partial charge < -0.3 is 15.4 Å². The SMILES string of the molecule is CN=C(NCCN(CCOC)C1CC1)NCc1ccc(CN2CCCC2)cc1. The number of guanidine groups is 1. The first-order chi connectivity index (χ1) is 13.8. The number of hydrogen-bond acceptors (Lipinski definition) is 4. The second-order valence-electron chi connectivity index (χ2n) is 7.91. The van der Waals surface area contributed by atoms with Gasteiger partial charge in [0.05, 0.1) is 6.61 Å². The fraction of sp³-hybridized carbons (Fsp3) is 0.682. The molecule has 1 saturated carbocycles. The molecule has 2 N–H and O–H groups in total. The van der Waals surface area contributed by atoms with Gasteiger partial charge in [-0.3, -0.25) is 14.8 Å². The van der Waals surface area contributed by atoms with E-state index in [1.807, 2.05) is 7.05 Å². The van der Waals surface area contributed by atoms with E-state index in [0.29, 0.717) is 0 Å². The van der Waals surface area contributed by atoms with Gasteiger partial charge in [0, 0.05) is 52.9 Å². The van der Waals surface area contributed by atoms with Crippen molar-refractivity contribution >= 4 is 5.96 Å². The van der Waals surface area contributed by atoms with Gasteiger partial charge in [-0.05, 0) is 49.9 Å². The molecule has 6 heteroatoms. The van der Waals surface area contributed by atoms with Crippen LogP contribution in [0.15, 0.2) is 29.3 Å². The van der Waals surface area contributed by atoms with Gasteiger partial charge >= 0.3 is 0 Å². The molecule has 3 rings (SSSR count). The molecule has 6 nitrogen and oxygen atoms in total. The average molecular weight is 388 g/mol. The third-order valence-electron chi connectivity index (χ3n) is 5.65. The lowest BCUT2D eigenvalue weighted by Crippen LogP contribution is -2.42. The van der Waals surface area contributed by atoms with Gasteiger partial charge in [-0.1, -0.05) is 24.3 Å². The molecule has 28 heavy (non-hydrogen) atoms. The summed E-state index contributed by atoms with van der Waals surface area (Å²) < 4.78 is 5.23. The Labute approximate surface area is 170 Å². The summed E-state index contributed by atoms with van der Waals surface area (Å²) in [5.41, 5.74) is 2.69. The molecule has 0 bridgehead atoms. The molecule has 156 valence electrons. The monoisotopic (exact) mass is 387 g/mol. The first-order valence-electron chi connectivity index (χ1n) is 10.8. The molecule has 2 aliphatic rings. The van der Waals surface area contributed by atoms with Crippen LogP contribution in [0.1, 0.15) is 36.8 Å². The highest BCUT2D eigenvalue weighted by Crippen LogP contribution is 2.25. The van der Waals surface area contributed by atoms with Crippen molar-refractivity contribution in [3.8, 4) is 0 Å². The quantitative estimate of drug-likeness (QED) is 0.450. The lowest BCUT2D eigenvalue weighted by Gasteiger charge is -2.22. The van der Waals surface area contributed by atoms with Gasteiger partial charge in [0.2, 0.25) is 0 Å². The number of methoxy groups -OCH3 is 1. The van der Waals surface area contributed by atoms with Crippen LogP contribution in [0.3, 0.4) is 0 Å². The van der Waals surface area contributed by atoms with Crippen molar-refractivity contribution in [2.45, 2.75) is 44.8 Å². The smallest absolute Gasteiger partial charge is 0.191 e. The summed E-state index contributed by atoms with van der Waals surface area (Å²) in [6.07, 6.45) is 5.34. The Morgan fingerprint density at radius 2 is 1.82 bits per heavy atom. The zero-order valence-corrected chi connectivity index (χ0v) is 17.6. The fourth-order valence-corrected chi connectivity index (χ4v) is 3.81. The predicted octanol–water partition coefficient (Wildman–Crippen LogP) is 2.06. The Morgan fingerprint density at radius 3 is 2.46 bits per heavy atom. The first-order valence-corrected chi connectivity index (χ1v) is 10.8. The molecule has 2 fully saturated rings. The zero-order valence-electron chi connectivity index (χ0n) is 17.6. The number of nitrogens with one attached hydrogen (secondary N) is 2. The van der Waals surface area contributed by atoms with Gasteiger partial charge in [0.1, 0.15) is 0 Å². The van der Waals surface area contributed by atoms with E-state index in [0.717, 1.165) is 51.3 Å². The van der Waals surface area contributed by atoms with E-state index < -0.39 is 0 Å². The number of benzene rings is 1. The molecule has 0 atom stereocenters. The number of aliphatic imine (C=N–C) groups is 1. The molecule has 1 aromatic rings. The van der Waals surface area contributed by atoms with E-state index in [2.05, 4.69) is 49.7 Å². The largest absolute Gasteiger partial charge is 0.383 e. The third kappa shape index (κ3) is 7.08. The second-order valence-corrected chi connectivity index (χ2v) is 7.91. The van der Waals surface area contributed by atoms with Crippen LogP contribution in [-0.2, 0) is 17.8 Å². The number of likely N-dealkylation sites (tertiary alicyclic amines) is 1. The topological polar surface area (TPSA) is 52.1 Å². The van der Waals surface area contributed by atoms with Crippen molar-refractivity contribution in [3.63, 3.8) is 0 Å². The summed E-state index contributed by atoms with van der Waals surface area (Å²) in [5.74, 6) is 0.864. The second kappa shape index (κ2) is 11.4. The van der Waals surface area contributed by atoms with Crippen LogP contribution in [0.25, 0.3) is 0 Å². The maximum Gasteiger partial charge on any atom is 0.191 e. The van der Waals surface area contributed by atoms with Gasteiger partial charge in [-0.2, -0.15) is 0 Å². The summed E-state index contributed by atoms with van der Waals surface area (Å²) in [6, 6.07) is 9.73. The highest BCUT2D eigenvalue weighted by Gasteiger charge is 2.28.